The second-order valence-corrected chi connectivity index (χ2v) is 8.03. The summed E-state index contributed by atoms with van der Waals surface area (Å²) >= 11 is 0. The van der Waals surface area contributed by atoms with Crippen LogP contribution in [0.3, 0.4) is 0 Å². The molecule has 0 saturated heterocycles. The van der Waals surface area contributed by atoms with Gasteiger partial charge in [0.05, 0.1) is 13.2 Å². The van der Waals surface area contributed by atoms with Crippen LogP contribution in [-0.4, -0.2) is 25.2 Å². The van der Waals surface area contributed by atoms with E-state index in [2.05, 4.69) is 0 Å². The SMILES string of the molecule is CCOC(=O)C1(C(=O)OCC)Cc2oc3ccc4ccccc4c3c2C1c1ccccc1. The minimum Gasteiger partial charge on any atom is -0.465 e. The fourth-order valence-electron chi connectivity index (χ4n) is 5.06. The van der Waals surface area contributed by atoms with Crippen LogP contribution >= 0.6 is 0 Å². The molecule has 0 N–H and O–H groups in total. The van der Waals surface area contributed by atoms with Gasteiger partial charge in [0, 0.05) is 23.3 Å². The fourth-order valence-corrected chi connectivity index (χ4v) is 5.06. The predicted octanol–water partition coefficient (Wildman–Crippen LogP) is 5.39. The molecule has 1 atom stereocenters. The summed E-state index contributed by atoms with van der Waals surface area (Å²) in [5.74, 6) is -1.10. The van der Waals surface area contributed by atoms with Gasteiger partial charge in [0.25, 0.3) is 0 Å². The number of carbonyl (C=O) groups is 2. The van der Waals surface area contributed by atoms with Crippen molar-refractivity contribution in [3.8, 4) is 0 Å². The topological polar surface area (TPSA) is 65.7 Å². The van der Waals surface area contributed by atoms with E-state index >= 15 is 0 Å². The summed E-state index contributed by atoms with van der Waals surface area (Å²) in [6.45, 7) is 3.83. The van der Waals surface area contributed by atoms with Gasteiger partial charge in [-0.1, -0.05) is 60.7 Å². The van der Waals surface area contributed by atoms with E-state index in [4.69, 9.17) is 13.9 Å². The van der Waals surface area contributed by atoms with E-state index in [0.29, 0.717) is 5.76 Å². The number of benzene rings is 3. The third-order valence-corrected chi connectivity index (χ3v) is 6.33. The normalized spacial score (nSPS) is 16.8. The second-order valence-electron chi connectivity index (χ2n) is 8.03. The minimum atomic E-state index is -1.54. The molecule has 3 aromatic carbocycles. The van der Waals surface area contributed by atoms with E-state index in [1.165, 1.54) is 0 Å². The Bertz CT molecular complexity index is 1300. The third kappa shape index (κ3) is 2.84. The van der Waals surface area contributed by atoms with E-state index in [-0.39, 0.29) is 19.6 Å². The van der Waals surface area contributed by atoms with Crippen molar-refractivity contribution < 1.29 is 23.5 Å². The molecule has 0 radical (unpaired) electrons. The highest BCUT2D eigenvalue weighted by atomic mass is 16.6. The molecular formula is C27H24O5. The molecule has 1 unspecified atom stereocenters. The van der Waals surface area contributed by atoms with Crippen molar-refractivity contribution in [2.24, 2.45) is 5.41 Å². The average Bonchev–Trinajstić information content (AvgIpc) is 3.34. The lowest BCUT2D eigenvalue weighted by Gasteiger charge is -2.31. The van der Waals surface area contributed by atoms with Crippen LogP contribution in [0.5, 0.6) is 0 Å². The van der Waals surface area contributed by atoms with Gasteiger partial charge in [0.1, 0.15) is 11.3 Å². The molecule has 5 heteroatoms. The Hall–Kier alpha value is -3.60. The zero-order valence-electron chi connectivity index (χ0n) is 18.1. The zero-order valence-corrected chi connectivity index (χ0v) is 18.1. The van der Waals surface area contributed by atoms with Gasteiger partial charge < -0.3 is 13.9 Å². The van der Waals surface area contributed by atoms with Crippen molar-refractivity contribution >= 4 is 33.7 Å². The Morgan fingerprint density at radius 3 is 2.25 bits per heavy atom. The maximum absolute atomic E-state index is 13.5. The predicted molar refractivity (Wildman–Crippen MR) is 121 cm³/mol. The molecule has 162 valence electrons. The van der Waals surface area contributed by atoms with Crippen LogP contribution in [0.1, 0.15) is 36.7 Å². The number of fused-ring (bicyclic) bond motifs is 5. The summed E-state index contributed by atoms with van der Waals surface area (Å²) in [6.07, 6.45) is 0.0998. The molecular weight excluding hydrogens is 404 g/mol. The van der Waals surface area contributed by atoms with E-state index in [0.717, 1.165) is 32.9 Å². The standard InChI is InChI=1S/C27H24O5/c1-3-30-25(28)27(26(29)31-4-2)16-21-23(24(27)18-11-6-5-7-12-18)22-19-13-9-8-10-17(19)14-15-20(22)32-21/h5-15,24H,3-4,16H2,1-2H3. The summed E-state index contributed by atoms with van der Waals surface area (Å²) in [4.78, 5) is 26.9. The van der Waals surface area contributed by atoms with Gasteiger partial charge in [-0.05, 0) is 36.2 Å². The van der Waals surface area contributed by atoms with E-state index in [1.54, 1.807) is 13.8 Å². The van der Waals surface area contributed by atoms with Gasteiger partial charge in [0.2, 0.25) is 0 Å². The number of furan rings is 1. The molecule has 1 aliphatic rings. The summed E-state index contributed by atoms with van der Waals surface area (Å²) in [5, 5.41) is 3.03. The molecule has 1 aliphatic carbocycles. The zero-order chi connectivity index (χ0) is 22.3. The second kappa shape index (κ2) is 7.83. The molecule has 0 spiro atoms. The lowest BCUT2D eigenvalue weighted by molar-refractivity contribution is -0.172. The van der Waals surface area contributed by atoms with Crippen LogP contribution in [0, 0.1) is 5.41 Å². The molecule has 0 saturated carbocycles. The highest BCUT2D eigenvalue weighted by molar-refractivity contribution is 6.11. The molecule has 5 rings (SSSR count). The lowest BCUT2D eigenvalue weighted by atomic mass is 9.71. The monoisotopic (exact) mass is 428 g/mol. The van der Waals surface area contributed by atoms with Crippen molar-refractivity contribution in [3.05, 3.63) is 83.6 Å². The Kier molecular flexibility index (Phi) is 4.97. The molecule has 4 aromatic rings. The van der Waals surface area contributed by atoms with Crippen molar-refractivity contribution in [1.82, 2.24) is 0 Å². The first-order chi connectivity index (χ1) is 15.6. The molecule has 5 nitrogen and oxygen atoms in total. The largest absolute Gasteiger partial charge is 0.465 e. The average molecular weight is 428 g/mol. The Morgan fingerprint density at radius 1 is 0.906 bits per heavy atom. The third-order valence-electron chi connectivity index (χ3n) is 6.33. The molecule has 1 heterocycles. The number of hydrogen-bond acceptors (Lipinski definition) is 5. The number of esters is 2. The first-order valence-corrected chi connectivity index (χ1v) is 10.9. The highest BCUT2D eigenvalue weighted by Gasteiger charge is 2.62. The van der Waals surface area contributed by atoms with Crippen LogP contribution in [-0.2, 0) is 25.5 Å². The summed E-state index contributed by atoms with van der Waals surface area (Å²) in [6, 6.07) is 21.7. The number of carbonyl (C=O) groups excluding carboxylic acids is 2. The molecule has 1 aromatic heterocycles. The Balaban J connectivity index is 1.85. The van der Waals surface area contributed by atoms with Gasteiger partial charge in [0.15, 0.2) is 5.41 Å². The lowest BCUT2D eigenvalue weighted by Crippen LogP contribution is -2.46. The maximum Gasteiger partial charge on any atom is 0.324 e. The van der Waals surface area contributed by atoms with Crippen LogP contribution < -0.4 is 0 Å². The van der Waals surface area contributed by atoms with Crippen molar-refractivity contribution in [2.75, 3.05) is 13.2 Å². The smallest absolute Gasteiger partial charge is 0.324 e. The van der Waals surface area contributed by atoms with Crippen molar-refractivity contribution in [1.29, 1.82) is 0 Å². The van der Waals surface area contributed by atoms with Crippen molar-refractivity contribution in [3.63, 3.8) is 0 Å². The highest BCUT2D eigenvalue weighted by Crippen LogP contribution is 2.56. The molecule has 0 amide bonds. The molecule has 0 fully saturated rings. The minimum absolute atomic E-state index is 0.0998. The van der Waals surface area contributed by atoms with Gasteiger partial charge >= 0.3 is 11.9 Å². The van der Waals surface area contributed by atoms with Crippen LogP contribution in [0.25, 0.3) is 21.7 Å². The quantitative estimate of drug-likeness (QED) is 0.315. The molecule has 0 aliphatic heterocycles. The van der Waals surface area contributed by atoms with Gasteiger partial charge in [-0.2, -0.15) is 0 Å². The van der Waals surface area contributed by atoms with Crippen LogP contribution in [0.4, 0.5) is 0 Å². The fraction of sp³-hybridized carbons (Fsp3) is 0.259. The van der Waals surface area contributed by atoms with Gasteiger partial charge in [-0.3, -0.25) is 9.59 Å². The summed E-state index contributed by atoms with van der Waals surface area (Å²) in [5.41, 5.74) is 0.926. The number of rotatable bonds is 5. The Labute approximate surface area is 185 Å². The maximum atomic E-state index is 13.5. The van der Waals surface area contributed by atoms with E-state index < -0.39 is 23.3 Å². The van der Waals surface area contributed by atoms with Gasteiger partial charge in [-0.15, -0.1) is 0 Å². The van der Waals surface area contributed by atoms with Gasteiger partial charge in [-0.25, -0.2) is 0 Å². The Morgan fingerprint density at radius 2 is 1.56 bits per heavy atom. The molecule has 32 heavy (non-hydrogen) atoms. The first kappa shape index (κ1) is 20.3. The summed E-state index contributed by atoms with van der Waals surface area (Å²) < 4.78 is 17.2. The van der Waals surface area contributed by atoms with Crippen LogP contribution in [0.2, 0.25) is 0 Å². The summed E-state index contributed by atoms with van der Waals surface area (Å²) in [7, 11) is 0. The number of ether oxygens (including phenoxy) is 2. The number of hydrogen-bond donors (Lipinski definition) is 0. The van der Waals surface area contributed by atoms with Crippen molar-refractivity contribution in [2.45, 2.75) is 26.2 Å². The molecule has 0 bridgehead atoms. The van der Waals surface area contributed by atoms with E-state index in [9.17, 15) is 9.59 Å². The first-order valence-electron chi connectivity index (χ1n) is 10.9. The van der Waals surface area contributed by atoms with Crippen LogP contribution in [0.15, 0.2) is 71.1 Å². The van der Waals surface area contributed by atoms with E-state index in [1.807, 2.05) is 66.7 Å².